The SMILES string of the molecule is CCN(CC1CCOCC1)c1nc(C)nc2oc(C)nc12. The normalized spacial score (nSPS) is 16.5. The summed E-state index contributed by atoms with van der Waals surface area (Å²) >= 11 is 0. The number of hydrogen-bond acceptors (Lipinski definition) is 6. The van der Waals surface area contributed by atoms with Gasteiger partial charge in [0.25, 0.3) is 5.71 Å². The third-order valence-corrected chi connectivity index (χ3v) is 3.96. The molecule has 0 radical (unpaired) electrons. The first kappa shape index (κ1) is 14.3. The van der Waals surface area contributed by atoms with E-state index in [9.17, 15) is 0 Å². The van der Waals surface area contributed by atoms with Gasteiger partial charge in [0, 0.05) is 33.2 Å². The van der Waals surface area contributed by atoms with E-state index >= 15 is 0 Å². The second-order valence-electron chi connectivity index (χ2n) is 5.58. The molecular weight excluding hydrogens is 268 g/mol. The van der Waals surface area contributed by atoms with Gasteiger partial charge in [-0.1, -0.05) is 0 Å². The first-order valence-corrected chi connectivity index (χ1v) is 7.62. The van der Waals surface area contributed by atoms with Crippen molar-refractivity contribution in [3.8, 4) is 0 Å². The van der Waals surface area contributed by atoms with Gasteiger partial charge < -0.3 is 14.1 Å². The molecule has 6 nitrogen and oxygen atoms in total. The summed E-state index contributed by atoms with van der Waals surface area (Å²) in [6.45, 7) is 9.49. The molecule has 21 heavy (non-hydrogen) atoms. The van der Waals surface area contributed by atoms with Crippen LogP contribution in [0.2, 0.25) is 0 Å². The molecule has 0 atom stereocenters. The molecule has 1 aliphatic heterocycles. The van der Waals surface area contributed by atoms with E-state index in [-0.39, 0.29) is 0 Å². The number of oxazole rings is 1. The first-order valence-electron chi connectivity index (χ1n) is 7.62. The van der Waals surface area contributed by atoms with Crippen LogP contribution in [0.25, 0.3) is 11.2 Å². The summed E-state index contributed by atoms with van der Waals surface area (Å²) in [6, 6.07) is 0. The maximum atomic E-state index is 5.57. The second-order valence-corrected chi connectivity index (χ2v) is 5.58. The zero-order valence-electron chi connectivity index (χ0n) is 12.9. The van der Waals surface area contributed by atoms with Gasteiger partial charge in [0.1, 0.15) is 5.82 Å². The molecule has 2 aromatic rings. The molecular formula is C15H22N4O2. The predicted molar refractivity (Wildman–Crippen MR) is 80.5 cm³/mol. The number of ether oxygens (including phenoxy) is 1. The van der Waals surface area contributed by atoms with Gasteiger partial charge in [-0.25, -0.2) is 9.97 Å². The number of aromatic nitrogens is 3. The van der Waals surface area contributed by atoms with Crippen LogP contribution in [0.4, 0.5) is 5.82 Å². The van der Waals surface area contributed by atoms with Crippen LogP contribution in [0.3, 0.4) is 0 Å². The highest BCUT2D eigenvalue weighted by molar-refractivity contribution is 5.82. The minimum atomic E-state index is 0.584. The molecule has 0 aliphatic carbocycles. The average Bonchev–Trinajstić information content (AvgIpc) is 2.85. The maximum absolute atomic E-state index is 5.57. The van der Waals surface area contributed by atoms with E-state index in [0.29, 0.717) is 17.5 Å². The van der Waals surface area contributed by atoms with Crippen LogP contribution >= 0.6 is 0 Å². The minimum Gasteiger partial charge on any atom is -0.422 e. The van der Waals surface area contributed by atoms with Crippen LogP contribution < -0.4 is 4.90 Å². The molecule has 0 saturated carbocycles. The largest absolute Gasteiger partial charge is 0.422 e. The lowest BCUT2D eigenvalue weighted by molar-refractivity contribution is 0.0682. The van der Waals surface area contributed by atoms with Gasteiger partial charge in [-0.2, -0.15) is 4.98 Å². The highest BCUT2D eigenvalue weighted by Gasteiger charge is 2.21. The molecule has 1 fully saturated rings. The predicted octanol–water partition coefficient (Wildman–Crippen LogP) is 2.49. The lowest BCUT2D eigenvalue weighted by atomic mass is 10.00. The quantitative estimate of drug-likeness (QED) is 0.862. The Kier molecular flexibility index (Phi) is 4.05. The molecule has 6 heteroatoms. The topological polar surface area (TPSA) is 64.3 Å². The molecule has 0 aromatic carbocycles. The first-order chi connectivity index (χ1) is 10.2. The highest BCUT2D eigenvalue weighted by Crippen LogP contribution is 2.26. The molecule has 0 spiro atoms. The van der Waals surface area contributed by atoms with E-state index in [4.69, 9.17) is 9.15 Å². The number of rotatable bonds is 4. The molecule has 0 unspecified atom stereocenters. The molecule has 2 aromatic heterocycles. The lowest BCUT2D eigenvalue weighted by Crippen LogP contribution is -2.33. The van der Waals surface area contributed by atoms with Crippen molar-refractivity contribution in [3.05, 3.63) is 11.7 Å². The van der Waals surface area contributed by atoms with Gasteiger partial charge in [0.15, 0.2) is 17.2 Å². The molecule has 0 N–H and O–H groups in total. The van der Waals surface area contributed by atoms with Crippen molar-refractivity contribution in [1.29, 1.82) is 0 Å². The Bertz CT molecular complexity index is 619. The minimum absolute atomic E-state index is 0.584. The van der Waals surface area contributed by atoms with Gasteiger partial charge in [-0.05, 0) is 32.6 Å². The lowest BCUT2D eigenvalue weighted by Gasteiger charge is -2.29. The third-order valence-electron chi connectivity index (χ3n) is 3.96. The van der Waals surface area contributed by atoms with E-state index in [1.807, 2.05) is 13.8 Å². The van der Waals surface area contributed by atoms with Crippen LogP contribution in [-0.2, 0) is 4.74 Å². The fourth-order valence-electron chi connectivity index (χ4n) is 2.84. The van der Waals surface area contributed by atoms with Crippen molar-refractivity contribution >= 4 is 17.0 Å². The van der Waals surface area contributed by atoms with Crippen molar-refractivity contribution in [2.75, 3.05) is 31.2 Å². The monoisotopic (exact) mass is 290 g/mol. The molecule has 3 heterocycles. The highest BCUT2D eigenvalue weighted by atomic mass is 16.5. The molecule has 114 valence electrons. The Morgan fingerprint density at radius 2 is 1.90 bits per heavy atom. The van der Waals surface area contributed by atoms with Crippen molar-refractivity contribution in [2.45, 2.75) is 33.6 Å². The molecule has 1 saturated heterocycles. The summed E-state index contributed by atoms with van der Waals surface area (Å²) in [5, 5.41) is 0. The maximum Gasteiger partial charge on any atom is 0.252 e. The van der Waals surface area contributed by atoms with E-state index in [2.05, 4.69) is 26.8 Å². The number of fused-ring (bicyclic) bond motifs is 1. The molecule has 0 amide bonds. The Hall–Kier alpha value is -1.69. The average molecular weight is 290 g/mol. The summed E-state index contributed by atoms with van der Waals surface area (Å²) in [5.74, 6) is 2.90. The van der Waals surface area contributed by atoms with Gasteiger partial charge in [0.05, 0.1) is 0 Å². The zero-order chi connectivity index (χ0) is 14.8. The van der Waals surface area contributed by atoms with Crippen molar-refractivity contribution in [1.82, 2.24) is 15.0 Å². The van der Waals surface area contributed by atoms with Crippen molar-refractivity contribution < 1.29 is 9.15 Å². The second kappa shape index (κ2) is 5.97. The molecule has 3 rings (SSSR count). The van der Waals surface area contributed by atoms with Crippen molar-refractivity contribution in [2.24, 2.45) is 5.92 Å². The number of hydrogen-bond donors (Lipinski definition) is 0. The molecule has 1 aliphatic rings. The van der Waals surface area contributed by atoms with E-state index in [0.717, 1.165) is 56.3 Å². The van der Waals surface area contributed by atoms with Gasteiger partial charge >= 0.3 is 0 Å². The van der Waals surface area contributed by atoms with Crippen LogP contribution in [0, 0.1) is 19.8 Å². The smallest absolute Gasteiger partial charge is 0.252 e. The Balaban J connectivity index is 1.92. The van der Waals surface area contributed by atoms with E-state index < -0.39 is 0 Å². The number of nitrogens with zero attached hydrogens (tertiary/aromatic N) is 4. The number of aryl methyl sites for hydroxylation is 2. The fraction of sp³-hybridized carbons (Fsp3) is 0.667. The fourth-order valence-corrected chi connectivity index (χ4v) is 2.84. The van der Waals surface area contributed by atoms with Gasteiger partial charge in [-0.3, -0.25) is 0 Å². The Morgan fingerprint density at radius 3 is 2.62 bits per heavy atom. The number of anilines is 1. The van der Waals surface area contributed by atoms with Crippen molar-refractivity contribution in [3.63, 3.8) is 0 Å². The van der Waals surface area contributed by atoms with Gasteiger partial charge in [-0.15, -0.1) is 0 Å². The summed E-state index contributed by atoms with van der Waals surface area (Å²) in [5.41, 5.74) is 1.35. The molecule has 0 bridgehead atoms. The van der Waals surface area contributed by atoms with Crippen LogP contribution in [-0.4, -0.2) is 41.3 Å². The van der Waals surface area contributed by atoms with E-state index in [1.54, 1.807) is 0 Å². The standard InChI is InChI=1S/C15H22N4O2/c1-4-19(9-12-5-7-20-8-6-12)14-13-15(17-10(2)16-14)21-11(3)18-13/h12H,4-9H2,1-3H3. The summed E-state index contributed by atoms with van der Waals surface area (Å²) in [4.78, 5) is 15.7. The summed E-state index contributed by atoms with van der Waals surface area (Å²) < 4.78 is 11.0. The zero-order valence-corrected chi connectivity index (χ0v) is 12.9. The summed E-state index contributed by atoms with van der Waals surface area (Å²) in [7, 11) is 0. The van der Waals surface area contributed by atoms with Crippen LogP contribution in [0.15, 0.2) is 4.42 Å². The third kappa shape index (κ3) is 3.00. The summed E-state index contributed by atoms with van der Waals surface area (Å²) in [6.07, 6.45) is 2.23. The van der Waals surface area contributed by atoms with E-state index in [1.165, 1.54) is 0 Å². The van der Waals surface area contributed by atoms with Gasteiger partial charge in [0.2, 0.25) is 0 Å². The van der Waals surface area contributed by atoms with Crippen LogP contribution in [0.1, 0.15) is 31.5 Å². The Labute approximate surface area is 124 Å². The van der Waals surface area contributed by atoms with Crippen LogP contribution in [0.5, 0.6) is 0 Å². The Morgan fingerprint density at radius 1 is 1.14 bits per heavy atom.